The highest BCUT2D eigenvalue weighted by Crippen LogP contribution is 2.41. The lowest BCUT2D eigenvalue weighted by molar-refractivity contribution is -0.254. The van der Waals surface area contributed by atoms with E-state index in [2.05, 4.69) is 29.0 Å². The fourth-order valence-corrected chi connectivity index (χ4v) is 7.26. The Morgan fingerprint density at radius 3 is 2.57 bits per heavy atom. The molecular weight excluding hydrogens is 482 g/mol. The third kappa shape index (κ3) is 6.15. The molecule has 37 heavy (non-hydrogen) atoms. The zero-order valence-corrected chi connectivity index (χ0v) is 22.7. The van der Waals surface area contributed by atoms with Crippen molar-refractivity contribution in [2.45, 2.75) is 83.7 Å². The summed E-state index contributed by atoms with van der Waals surface area (Å²) >= 11 is 1.29. The van der Waals surface area contributed by atoms with Crippen molar-refractivity contribution in [3.63, 3.8) is 0 Å². The first-order valence-corrected chi connectivity index (χ1v) is 14.8. The largest absolute Gasteiger partial charge is 0.544 e. The fraction of sp³-hybridized carbons (Fsp3) is 0.567. The smallest absolute Gasteiger partial charge is 0.230 e. The van der Waals surface area contributed by atoms with Gasteiger partial charge in [0, 0.05) is 48.9 Å². The van der Waals surface area contributed by atoms with E-state index in [1.165, 1.54) is 28.9 Å². The third-order valence-electron chi connectivity index (χ3n) is 8.42. The molecule has 5 rings (SSSR count). The molecular formula is C30H38N3O3S-. The van der Waals surface area contributed by atoms with Gasteiger partial charge in [0.15, 0.2) is 0 Å². The van der Waals surface area contributed by atoms with E-state index < -0.39 is 5.97 Å². The van der Waals surface area contributed by atoms with Crippen molar-refractivity contribution in [2.75, 3.05) is 18.0 Å². The third-order valence-corrected chi connectivity index (χ3v) is 9.60. The number of thiophene rings is 1. The van der Waals surface area contributed by atoms with Crippen LogP contribution in [-0.2, 0) is 11.3 Å². The van der Waals surface area contributed by atoms with Crippen molar-refractivity contribution in [3.05, 3.63) is 52.0 Å². The molecule has 7 heteroatoms. The highest BCUT2D eigenvalue weighted by Gasteiger charge is 2.36. The highest BCUT2D eigenvalue weighted by atomic mass is 32.1. The molecule has 1 saturated heterocycles. The van der Waals surface area contributed by atoms with E-state index in [1.54, 1.807) is 6.20 Å². The lowest BCUT2D eigenvalue weighted by Gasteiger charge is -2.41. The summed E-state index contributed by atoms with van der Waals surface area (Å²) in [5.74, 6) is -0.441. The van der Waals surface area contributed by atoms with Crippen LogP contribution in [-0.4, -0.2) is 40.9 Å². The number of aromatic nitrogens is 1. The number of pyridine rings is 1. The Balaban J connectivity index is 1.41. The first-order valence-electron chi connectivity index (χ1n) is 14.0. The van der Waals surface area contributed by atoms with Crippen molar-refractivity contribution in [2.24, 2.45) is 11.8 Å². The van der Waals surface area contributed by atoms with Gasteiger partial charge < -0.3 is 14.8 Å². The number of anilines is 1. The molecule has 198 valence electrons. The summed E-state index contributed by atoms with van der Waals surface area (Å²) in [7, 11) is 0. The maximum Gasteiger partial charge on any atom is 0.230 e. The molecule has 0 spiro atoms. The summed E-state index contributed by atoms with van der Waals surface area (Å²) in [6, 6.07) is 6.04. The zero-order chi connectivity index (χ0) is 25.8. The quantitative estimate of drug-likeness (QED) is 0.496. The molecule has 0 unspecified atom stereocenters. The van der Waals surface area contributed by atoms with Gasteiger partial charge in [0.05, 0.1) is 16.5 Å². The number of hydrogen-bond acceptors (Lipinski definition) is 6. The number of hydrogen-bond donors (Lipinski definition) is 0. The SMILES string of the molecule is CC1CCC(C(=O)N(c2cc(C3=CCCCC3)sc2C(=O)[O-])C2CCN(Cc3cccnc3)CC2)CC1. The predicted octanol–water partition coefficient (Wildman–Crippen LogP) is 5.29. The Labute approximate surface area is 224 Å². The van der Waals surface area contributed by atoms with Gasteiger partial charge in [0.2, 0.25) is 5.91 Å². The first kappa shape index (κ1) is 26.1. The van der Waals surface area contributed by atoms with Crippen LogP contribution in [0.2, 0.25) is 0 Å². The molecule has 1 aliphatic heterocycles. The average molecular weight is 521 g/mol. The highest BCUT2D eigenvalue weighted by molar-refractivity contribution is 7.15. The van der Waals surface area contributed by atoms with Crippen LogP contribution in [0.5, 0.6) is 0 Å². The number of carboxylic acids is 1. The van der Waals surface area contributed by atoms with E-state index in [-0.39, 0.29) is 22.7 Å². The first-order chi connectivity index (χ1) is 18.0. The number of rotatable bonds is 7. The van der Waals surface area contributed by atoms with Crippen LogP contribution in [0.15, 0.2) is 36.7 Å². The van der Waals surface area contributed by atoms with Crippen molar-refractivity contribution >= 4 is 34.5 Å². The van der Waals surface area contributed by atoms with E-state index in [1.807, 2.05) is 23.2 Å². The number of carboxylic acid groups (broad SMARTS) is 1. The summed E-state index contributed by atoms with van der Waals surface area (Å²) in [5, 5.41) is 12.3. The van der Waals surface area contributed by atoms with Gasteiger partial charge in [-0.3, -0.25) is 14.7 Å². The number of allylic oxidation sites excluding steroid dienone is 2. The minimum absolute atomic E-state index is 0.00196. The molecule has 2 aromatic rings. The molecule has 3 aliphatic rings. The molecule has 0 aromatic carbocycles. The second-order valence-electron chi connectivity index (χ2n) is 11.1. The second kappa shape index (κ2) is 11.9. The number of carbonyl (C=O) groups is 2. The monoisotopic (exact) mass is 520 g/mol. The minimum Gasteiger partial charge on any atom is -0.544 e. The molecule has 0 radical (unpaired) electrons. The molecule has 1 saturated carbocycles. The van der Waals surface area contributed by atoms with Crippen LogP contribution in [0, 0.1) is 11.8 Å². The molecule has 6 nitrogen and oxygen atoms in total. The van der Waals surface area contributed by atoms with Crippen LogP contribution < -0.4 is 10.0 Å². The lowest BCUT2D eigenvalue weighted by Crippen LogP contribution is -2.50. The Morgan fingerprint density at radius 1 is 1.14 bits per heavy atom. The Bertz CT molecular complexity index is 1110. The van der Waals surface area contributed by atoms with Gasteiger partial charge >= 0.3 is 0 Å². The summed E-state index contributed by atoms with van der Waals surface area (Å²) in [5.41, 5.74) is 2.98. The molecule has 2 aliphatic carbocycles. The van der Waals surface area contributed by atoms with Crippen LogP contribution in [0.25, 0.3) is 5.57 Å². The lowest BCUT2D eigenvalue weighted by atomic mass is 9.82. The van der Waals surface area contributed by atoms with Crippen molar-refractivity contribution in [1.82, 2.24) is 9.88 Å². The standard InChI is InChI=1S/C30H39N3O3S/c1-21-9-11-24(12-10-21)29(34)33(25-13-16-32(17-14-25)20-22-6-5-15-31-19-22)26-18-27(37-28(26)30(35)36)23-7-3-2-4-8-23/h5-7,15,18-19,21,24-25H,2-4,8-14,16-17,20H2,1H3,(H,35,36)/p-1. The Kier molecular flexibility index (Phi) is 8.40. The van der Waals surface area contributed by atoms with E-state index in [0.717, 1.165) is 82.3 Å². The van der Waals surface area contributed by atoms with Gasteiger partial charge in [-0.25, -0.2) is 0 Å². The molecule has 3 heterocycles. The number of nitrogens with zero attached hydrogens (tertiary/aromatic N) is 3. The van der Waals surface area contributed by atoms with Gasteiger partial charge in [0.1, 0.15) is 0 Å². The van der Waals surface area contributed by atoms with Gasteiger partial charge in [0.25, 0.3) is 0 Å². The summed E-state index contributed by atoms with van der Waals surface area (Å²) < 4.78 is 0. The minimum atomic E-state index is -1.17. The van der Waals surface area contributed by atoms with Gasteiger partial charge in [-0.1, -0.05) is 19.1 Å². The van der Waals surface area contributed by atoms with Crippen LogP contribution in [0.4, 0.5) is 5.69 Å². The average Bonchev–Trinajstić information content (AvgIpc) is 3.37. The van der Waals surface area contributed by atoms with Crippen LogP contribution in [0.1, 0.15) is 91.2 Å². The van der Waals surface area contributed by atoms with Crippen LogP contribution >= 0.6 is 11.3 Å². The number of amides is 1. The molecule has 0 N–H and O–H groups in total. The molecule has 0 bridgehead atoms. The fourth-order valence-electron chi connectivity index (χ4n) is 6.21. The van der Waals surface area contributed by atoms with E-state index in [0.29, 0.717) is 11.6 Å². The van der Waals surface area contributed by atoms with Crippen LogP contribution in [0.3, 0.4) is 0 Å². The number of aromatic carboxylic acids is 1. The summed E-state index contributed by atoms with van der Waals surface area (Å²) in [6.45, 7) is 4.84. The van der Waals surface area contributed by atoms with E-state index >= 15 is 0 Å². The summed E-state index contributed by atoms with van der Waals surface area (Å²) in [6.07, 6.45) is 15.8. The van der Waals surface area contributed by atoms with Crippen molar-refractivity contribution in [3.8, 4) is 0 Å². The summed E-state index contributed by atoms with van der Waals surface area (Å²) in [4.78, 5) is 36.2. The van der Waals surface area contributed by atoms with E-state index in [9.17, 15) is 14.7 Å². The maximum atomic E-state index is 14.1. The van der Waals surface area contributed by atoms with Crippen molar-refractivity contribution in [1.29, 1.82) is 0 Å². The molecule has 1 amide bonds. The number of piperidine rings is 1. The predicted molar refractivity (Wildman–Crippen MR) is 146 cm³/mol. The maximum absolute atomic E-state index is 14.1. The van der Waals surface area contributed by atoms with Gasteiger partial charge in [-0.15, -0.1) is 11.3 Å². The van der Waals surface area contributed by atoms with Crippen molar-refractivity contribution < 1.29 is 14.7 Å². The molecule has 2 aromatic heterocycles. The molecule has 0 atom stereocenters. The number of carbonyl (C=O) groups excluding carboxylic acids is 2. The molecule has 2 fully saturated rings. The topological polar surface area (TPSA) is 76.6 Å². The Morgan fingerprint density at radius 2 is 1.92 bits per heavy atom. The van der Waals surface area contributed by atoms with Gasteiger partial charge in [-0.05, 0) is 93.4 Å². The van der Waals surface area contributed by atoms with E-state index in [4.69, 9.17) is 0 Å². The second-order valence-corrected chi connectivity index (χ2v) is 12.2. The van der Waals surface area contributed by atoms with Gasteiger partial charge in [-0.2, -0.15) is 0 Å². The number of likely N-dealkylation sites (tertiary alicyclic amines) is 1. The zero-order valence-electron chi connectivity index (χ0n) is 21.9. The normalized spacial score (nSPS) is 23.4. The Hall–Kier alpha value is -2.51.